The van der Waals surface area contributed by atoms with E-state index >= 15 is 0 Å². The fourth-order valence-electron chi connectivity index (χ4n) is 3.49. The molecule has 1 fully saturated rings. The summed E-state index contributed by atoms with van der Waals surface area (Å²) in [7, 11) is 1.88. The second kappa shape index (κ2) is 8.25. The molecule has 1 saturated heterocycles. The standard InChI is InChI=1S/C19H27N5O/c1-3-24-15-20-21-19(24)17-10-7-11-23(13-17)14-18(25)22(2)12-16-8-5-4-6-9-16/h4-6,8-9,15,17H,3,7,10-14H2,1-2H3. The first kappa shape index (κ1) is 17.6. The van der Waals surface area contributed by atoms with Crippen molar-refractivity contribution >= 4 is 5.91 Å². The summed E-state index contributed by atoms with van der Waals surface area (Å²) in [6.45, 7) is 5.97. The van der Waals surface area contributed by atoms with Crippen molar-refractivity contribution in [2.45, 2.75) is 38.8 Å². The van der Waals surface area contributed by atoms with Crippen LogP contribution in [0.2, 0.25) is 0 Å². The van der Waals surface area contributed by atoms with Crippen LogP contribution < -0.4 is 0 Å². The van der Waals surface area contributed by atoms with Gasteiger partial charge >= 0.3 is 0 Å². The van der Waals surface area contributed by atoms with Gasteiger partial charge < -0.3 is 9.47 Å². The van der Waals surface area contributed by atoms with E-state index in [1.165, 1.54) is 0 Å². The summed E-state index contributed by atoms with van der Waals surface area (Å²) >= 11 is 0. The van der Waals surface area contributed by atoms with Gasteiger partial charge in [-0.05, 0) is 31.9 Å². The Labute approximate surface area is 149 Å². The predicted octanol–water partition coefficient (Wildman–Crippen LogP) is 2.14. The number of aryl methyl sites for hydroxylation is 1. The van der Waals surface area contributed by atoms with Crippen LogP contribution in [0.3, 0.4) is 0 Å². The van der Waals surface area contributed by atoms with Gasteiger partial charge in [0.2, 0.25) is 5.91 Å². The lowest BCUT2D eigenvalue weighted by Crippen LogP contribution is -2.42. The van der Waals surface area contributed by atoms with Crippen LogP contribution in [0.1, 0.15) is 37.1 Å². The summed E-state index contributed by atoms with van der Waals surface area (Å²) in [5.74, 6) is 1.59. The van der Waals surface area contributed by atoms with Gasteiger partial charge in [-0.1, -0.05) is 30.3 Å². The molecule has 0 bridgehead atoms. The van der Waals surface area contributed by atoms with Gasteiger partial charge in [-0.2, -0.15) is 0 Å². The average molecular weight is 341 g/mol. The average Bonchev–Trinajstić information content (AvgIpc) is 3.11. The summed E-state index contributed by atoms with van der Waals surface area (Å²) in [5.41, 5.74) is 1.16. The lowest BCUT2D eigenvalue weighted by Gasteiger charge is -2.32. The number of benzene rings is 1. The topological polar surface area (TPSA) is 54.3 Å². The highest BCUT2D eigenvalue weighted by Crippen LogP contribution is 2.25. The molecule has 1 aliphatic heterocycles. The van der Waals surface area contributed by atoms with Crippen molar-refractivity contribution in [1.29, 1.82) is 0 Å². The van der Waals surface area contributed by atoms with Crippen LogP contribution in [-0.4, -0.2) is 57.2 Å². The van der Waals surface area contributed by atoms with Gasteiger partial charge in [-0.15, -0.1) is 10.2 Å². The number of aromatic nitrogens is 3. The predicted molar refractivity (Wildman–Crippen MR) is 97.0 cm³/mol. The minimum absolute atomic E-state index is 0.168. The fraction of sp³-hybridized carbons (Fsp3) is 0.526. The number of hydrogen-bond acceptors (Lipinski definition) is 4. The number of nitrogens with zero attached hydrogens (tertiary/aromatic N) is 5. The van der Waals surface area contributed by atoms with Crippen LogP contribution in [-0.2, 0) is 17.9 Å². The minimum atomic E-state index is 0.168. The maximum atomic E-state index is 12.6. The van der Waals surface area contributed by atoms with E-state index in [0.717, 1.165) is 43.9 Å². The summed E-state index contributed by atoms with van der Waals surface area (Å²) < 4.78 is 2.11. The Morgan fingerprint density at radius 1 is 1.32 bits per heavy atom. The Kier molecular flexibility index (Phi) is 5.81. The van der Waals surface area contributed by atoms with Crippen molar-refractivity contribution in [3.8, 4) is 0 Å². The van der Waals surface area contributed by atoms with Crippen LogP contribution in [0.25, 0.3) is 0 Å². The zero-order chi connectivity index (χ0) is 17.6. The molecule has 1 aliphatic rings. The zero-order valence-corrected chi connectivity index (χ0v) is 15.1. The number of carbonyl (C=O) groups is 1. The maximum Gasteiger partial charge on any atom is 0.236 e. The second-order valence-corrected chi connectivity index (χ2v) is 6.78. The van der Waals surface area contributed by atoms with Gasteiger partial charge in [-0.3, -0.25) is 9.69 Å². The van der Waals surface area contributed by atoms with E-state index in [4.69, 9.17) is 0 Å². The molecule has 1 atom stereocenters. The van der Waals surface area contributed by atoms with E-state index < -0.39 is 0 Å². The molecule has 2 heterocycles. The van der Waals surface area contributed by atoms with Crippen molar-refractivity contribution in [2.75, 3.05) is 26.7 Å². The van der Waals surface area contributed by atoms with E-state index in [1.807, 2.05) is 30.1 Å². The summed E-state index contributed by atoms with van der Waals surface area (Å²) in [6.07, 6.45) is 4.01. The normalized spacial score (nSPS) is 18.2. The highest BCUT2D eigenvalue weighted by atomic mass is 16.2. The van der Waals surface area contributed by atoms with E-state index in [0.29, 0.717) is 19.0 Å². The molecule has 2 aromatic rings. The van der Waals surface area contributed by atoms with Crippen molar-refractivity contribution < 1.29 is 4.79 Å². The third kappa shape index (κ3) is 4.45. The SMILES string of the molecule is CCn1cnnc1C1CCCN(CC(=O)N(C)Cc2ccccc2)C1. The third-order valence-electron chi connectivity index (χ3n) is 4.90. The molecule has 6 nitrogen and oxygen atoms in total. The van der Waals surface area contributed by atoms with Gasteiger partial charge in [0.25, 0.3) is 0 Å². The van der Waals surface area contributed by atoms with Crippen molar-refractivity contribution in [1.82, 2.24) is 24.6 Å². The van der Waals surface area contributed by atoms with Gasteiger partial charge in [0.1, 0.15) is 12.2 Å². The second-order valence-electron chi connectivity index (χ2n) is 6.78. The van der Waals surface area contributed by atoms with Crippen LogP contribution >= 0.6 is 0 Å². The Morgan fingerprint density at radius 3 is 2.88 bits per heavy atom. The summed E-state index contributed by atoms with van der Waals surface area (Å²) in [4.78, 5) is 16.7. The molecule has 3 rings (SSSR count). The zero-order valence-electron chi connectivity index (χ0n) is 15.1. The lowest BCUT2D eigenvalue weighted by molar-refractivity contribution is -0.132. The first-order valence-electron chi connectivity index (χ1n) is 9.05. The van der Waals surface area contributed by atoms with Gasteiger partial charge in [0.05, 0.1) is 6.54 Å². The molecule has 1 unspecified atom stereocenters. The van der Waals surface area contributed by atoms with Crippen LogP contribution in [0.4, 0.5) is 0 Å². The molecule has 1 aromatic heterocycles. The number of piperidine rings is 1. The monoisotopic (exact) mass is 341 g/mol. The molecule has 0 aliphatic carbocycles. The minimum Gasteiger partial charge on any atom is -0.340 e. The Bertz CT molecular complexity index is 684. The molecule has 134 valence electrons. The lowest BCUT2D eigenvalue weighted by atomic mass is 9.97. The molecule has 25 heavy (non-hydrogen) atoms. The molecule has 1 aromatic carbocycles. The number of likely N-dealkylation sites (tertiary alicyclic amines) is 1. The molecule has 0 spiro atoms. The van der Waals surface area contributed by atoms with Crippen LogP contribution in [0.5, 0.6) is 0 Å². The van der Waals surface area contributed by atoms with Crippen molar-refractivity contribution in [3.05, 3.63) is 48.0 Å². The molecular weight excluding hydrogens is 314 g/mol. The first-order chi connectivity index (χ1) is 12.2. The summed E-state index contributed by atoms with van der Waals surface area (Å²) in [6, 6.07) is 10.1. The molecule has 0 radical (unpaired) electrons. The molecule has 0 saturated carbocycles. The Hall–Kier alpha value is -2.21. The van der Waals surface area contributed by atoms with E-state index in [-0.39, 0.29) is 5.91 Å². The van der Waals surface area contributed by atoms with Crippen molar-refractivity contribution in [3.63, 3.8) is 0 Å². The molecule has 1 amide bonds. The van der Waals surface area contributed by atoms with Gasteiger partial charge in [0.15, 0.2) is 0 Å². The van der Waals surface area contributed by atoms with Crippen molar-refractivity contribution in [2.24, 2.45) is 0 Å². The Balaban J connectivity index is 1.56. The van der Waals surface area contributed by atoms with Gasteiger partial charge in [-0.25, -0.2) is 0 Å². The number of carbonyl (C=O) groups excluding carboxylic acids is 1. The van der Waals surface area contributed by atoms with E-state index in [1.54, 1.807) is 6.33 Å². The smallest absolute Gasteiger partial charge is 0.236 e. The molecule has 6 heteroatoms. The highest BCUT2D eigenvalue weighted by molar-refractivity contribution is 5.78. The van der Waals surface area contributed by atoms with E-state index in [9.17, 15) is 4.79 Å². The number of likely N-dealkylation sites (N-methyl/N-ethyl adjacent to an activating group) is 1. The first-order valence-corrected chi connectivity index (χ1v) is 9.05. The quantitative estimate of drug-likeness (QED) is 0.808. The van der Waals surface area contributed by atoms with E-state index in [2.05, 4.69) is 38.7 Å². The molecular formula is C19H27N5O. The van der Waals surface area contributed by atoms with Crippen LogP contribution in [0.15, 0.2) is 36.7 Å². The maximum absolute atomic E-state index is 12.6. The molecule has 0 N–H and O–H groups in total. The van der Waals surface area contributed by atoms with Gasteiger partial charge in [0, 0.05) is 32.6 Å². The number of hydrogen-bond donors (Lipinski definition) is 0. The third-order valence-corrected chi connectivity index (χ3v) is 4.90. The summed E-state index contributed by atoms with van der Waals surface area (Å²) in [5, 5.41) is 8.35. The highest BCUT2D eigenvalue weighted by Gasteiger charge is 2.26. The number of amides is 1. The Morgan fingerprint density at radius 2 is 2.12 bits per heavy atom. The largest absolute Gasteiger partial charge is 0.340 e. The fourth-order valence-corrected chi connectivity index (χ4v) is 3.49. The number of rotatable bonds is 6. The van der Waals surface area contributed by atoms with Crippen LogP contribution in [0, 0.1) is 0 Å².